The van der Waals surface area contributed by atoms with E-state index < -0.39 is 0 Å². The minimum atomic E-state index is 0.0522. The van der Waals surface area contributed by atoms with Gasteiger partial charge in [0.25, 0.3) is 0 Å². The number of phenols is 1. The average molecular weight is 373 g/mol. The number of benzene rings is 1. The van der Waals surface area contributed by atoms with Gasteiger partial charge in [0.2, 0.25) is 0 Å². The van der Waals surface area contributed by atoms with Crippen molar-refractivity contribution in [2.75, 3.05) is 0 Å². The van der Waals surface area contributed by atoms with Crippen LogP contribution in [0.1, 0.15) is 48.8 Å². The van der Waals surface area contributed by atoms with Crippen molar-refractivity contribution in [3.8, 4) is 11.8 Å². The summed E-state index contributed by atoms with van der Waals surface area (Å²) in [6, 6.07) is 7.30. The Kier molecular flexibility index (Phi) is 4.90. The van der Waals surface area contributed by atoms with E-state index in [0.29, 0.717) is 16.5 Å². The second kappa shape index (κ2) is 6.82. The number of rotatable bonds is 2. The molecule has 3 nitrogen and oxygen atoms in total. The molecule has 1 aliphatic rings. The van der Waals surface area contributed by atoms with Gasteiger partial charge in [-0.05, 0) is 59.9 Å². The van der Waals surface area contributed by atoms with Crippen molar-refractivity contribution in [1.82, 2.24) is 0 Å². The topological polar surface area (TPSA) is 56.4 Å². The van der Waals surface area contributed by atoms with Crippen LogP contribution in [0.3, 0.4) is 0 Å². The molecule has 0 saturated heterocycles. The van der Waals surface area contributed by atoms with E-state index in [1.807, 2.05) is 0 Å². The predicted molar refractivity (Wildman–Crippen MR) is 104 cm³/mol. The maximum Gasteiger partial charge on any atom is 0.134 e. The monoisotopic (exact) mass is 372 g/mol. The third kappa shape index (κ3) is 3.73. The quantitative estimate of drug-likeness (QED) is 0.669. The Morgan fingerprint density at radius 3 is 2.80 bits per heavy atom. The molecule has 0 unspecified atom stereocenters. The third-order valence-corrected chi connectivity index (χ3v) is 6.35. The fourth-order valence-electron chi connectivity index (χ4n) is 3.25. The van der Waals surface area contributed by atoms with E-state index in [9.17, 15) is 10.4 Å². The lowest BCUT2D eigenvalue weighted by Gasteiger charge is -2.33. The van der Waals surface area contributed by atoms with E-state index in [-0.39, 0.29) is 11.2 Å². The maximum absolute atomic E-state index is 9.60. The summed E-state index contributed by atoms with van der Waals surface area (Å²) in [5.41, 5.74) is 2.98. The Morgan fingerprint density at radius 1 is 1.40 bits per heavy atom. The largest absolute Gasteiger partial charge is 0.506 e. The first-order valence-corrected chi connectivity index (χ1v) is 9.56. The number of thiophene rings is 1. The Balaban J connectivity index is 1.91. The third-order valence-electron chi connectivity index (χ3n) is 4.89. The number of phenolic OH excluding ortho intramolecular Hbond substituents is 1. The Morgan fingerprint density at radius 2 is 2.16 bits per heavy atom. The summed E-state index contributed by atoms with van der Waals surface area (Å²) < 4.78 is 0. The fourth-order valence-corrected chi connectivity index (χ4v) is 4.66. The lowest BCUT2D eigenvalue weighted by Crippen LogP contribution is -2.26. The Hall–Kier alpha value is -1.83. The van der Waals surface area contributed by atoms with Crippen LogP contribution in [0.2, 0.25) is 5.02 Å². The molecule has 1 aromatic heterocycles. The molecule has 1 atom stereocenters. The molecule has 2 aromatic rings. The zero-order valence-corrected chi connectivity index (χ0v) is 16.2. The summed E-state index contributed by atoms with van der Waals surface area (Å²) in [5, 5.41) is 20.2. The van der Waals surface area contributed by atoms with Gasteiger partial charge in [-0.2, -0.15) is 5.26 Å². The number of nitriles is 1. The first-order chi connectivity index (χ1) is 11.8. The molecule has 0 amide bonds. The summed E-state index contributed by atoms with van der Waals surface area (Å²) in [5.74, 6) is 0.689. The zero-order chi connectivity index (χ0) is 18.2. The van der Waals surface area contributed by atoms with Crippen LogP contribution in [0, 0.1) is 22.7 Å². The van der Waals surface area contributed by atoms with Gasteiger partial charge in [-0.1, -0.05) is 32.4 Å². The summed E-state index contributed by atoms with van der Waals surface area (Å²) in [7, 11) is 0. The van der Waals surface area contributed by atoms with Gasteiger partial charge in [0.1, 0.15) is 16.8 Å². The molecule has 0 fully saturated rings. The van der Waals surface area contributed by atoms with Gasteiger partial charge >= 0.3 is 0 Å². The van der Waals surface area contributed by atoms with Gasteiger partial charge in [-0.3, -0.25) is 0 Å². The van der Waals surface area contributed by atoms with Crippen molar-refractivity contribution < 1.29 is 5.11 Å². The Labute approximate surface area is 157 Å². The number of halogens is 1. The SMILES string of the molecule is CC(C)(C)[C@H]1CCc2c(sc(N=Cc3ccc(O)c(Cl)c3)c2C#N)C1. The van der Waals surface area contributed by atoms with Gasteiger partial charge in [0.05, 0.1) is 10.6 Å². The minimum absolute atomic E-state index is 0.0522. The molecular formula is C20H21ClN2OS. The maximum atomic E-state index is 9.60. The van der Waals surface area contributed by atoms with Crippen molar-refractivity contribution >= 4 is 34.2 Å². The van der Waals surface area contributed by atoms with Gasteiger partial charge in [0.15, 0.2) is 0 Å². The average Bonchev–Trinajstić information content (AvgIpc) is 2.91. The molecule has 1 N–H and O–H groups in total. The van der Waals surface area contributed by atoms with Crippen LogP contribution < -0.4 is 0 Å². The lowest BCUT2D eigenvalue weighted by atomic mass is 9.72. The minimum Gasteiger partial charge on any atom is -0.506 e. The first-order valence-electron chi connectivity index (χ1n) is 8.37. The standard InChI is InChI=1S/C20H21ClN2OS/c1-20(2,3)13-5-6-14-15(10-22)19(25-18(14)9-13)23-11-12-4-7-17(24)16(21)8-12/h4,7-8,11,13,24H,5-6,9H2,1-3H3/t13-/m0/s1. The van der Waals surface area contributed by atoms with Gasteiger partial charge in [-0.25, -0.2) is 4.99 Å². The van der Waals surface area contributed by atoms with Crippen LogP contribution in [0.15, 0.2) is 23.2 Å². The van der Waals surface area contributed by atoms with Gasteiger partial charge in [0, 0.05) is 11.1 Å². The molecule has 0 saturated carbocycles. The molecule has 1 aliphatic carbocycles. The van der Waals surface area contributed by atoms with Crippen molar-refractivity contribution in [2.45, 2.75) is 40.0 Å². The molecular weight excluding hydrogens is 352 g/mol. The summed E-state index contributed by atoms with van der Waals surface area (Å²) >= 11 is 7.56. The summed E-state index contributed by atoms with van der Waals surface area (Å²) in [6.45, 7) is 6.86. The molecule has 25 heavy (non-hydrogen) atoms. The number of hydrogen-bond donors (Lipinski definition) is 1. The molecule has 0 radical (unpaired) electrons. The van der Waals surface area contributed by atoms with E-state index in [0.717, 1.165) is 29.8 Å². The molecule has 0 bridgehead atoms. The van der Waals surface area contributed by atoms with Crippen LogP contribution in [-0.2, 0) is 12.8 Å². The molecule has 130 valence electrons. The van der Waals surface area contributed by atoms with E-state index in [1.54, 1.807) is 35.8 Å². The second-order valence-electron chi connectivity index (χ2n) is 7.57. The van der Waals surface area contributed by atoms with Crippen LogP contribution in [0.4, 0.5) is 5.00 Å². The van der Waals surface area contributed by atoms with E-state index in [1.165, 1.54) is 10.4 Å². The molecule has 1 aromatic carbocycles. The van der Waals surface area contributed by atoms with Crippen molar-refractivity contribution in [1.29, 1.82) is 5.26 Å². The predicted octanol–water partition coefficient (Wildman–Crippen LogP) is 5.88. The highest BCUT2D eigenvalue weighted by atomic mass is 35.5. The number of fused-ring (bicyclic) bond motifs is 1. The molecule has 0 aliphatic heterocycles. The van der Waals surface area contributed by atoms with Crippen LogP contribution >= 0.6 is 22.9 Å². The number of hydrogen-bond acceptors (Lipinski definition) is 4. The normalized spacial score (nSPS) is 17.5. The summed E-state index contributed by atoms with van der Waals surface area (Å²) in [4.78, 5) is 5.85. The summed E-state index contributed by atoms with van der Waals surface area (Å²) in [6.07, 6.45) is 4.80. The van der Waals surface area contributed by atoms with Crippen molar-refractivity contribution in [3.63, 3.8) is 0 Å². The van der Waals surface area contributed by atoms with Crippen molar-refractivity contribution in [3.05, 3.63) is 44.8 Å². The number of aromatic hydroxyl groups is 1. The Bertz CT molecular complexity index is 871. The fraction of sp³-hybridized carbons (Fsp3) is 0.400. The van der Waals surface area contributed by atoms with Gasteiger partial charge < -0.3 is 5.11 Å². The number of aliphatic imine (C=N–C) groups is 1. The van der Waals surface area contributed by atoms with Crippen LogP contribution in [-0.4, -0.2) is 11.3 Å². The van der Waals surface area contributed by atoms with Gasteiger partial charge in [-0.15, -0.1) is 11.3 Å². The second-order valence-corrected chi connectivity index (χ2v) is 9.06. The van der Waals surface area contributed by atoms with Crippen LogP contribution in [0.25, 0.3) is 0 Å². The van der Waals surface area contributed by atoms with E-state index >= 15 is 0 Å². The molecule has 5 heteroatoms. The first kappa shape index (κ1) is 18.0. The number of nitrogens with zero attached hydrogens (tertiary/aromatic N) is 2. The van der Waals surface area contributed by atoms with E-state index in [2.05, 4.69) is 31.8 Å². The highest BCUT2D eigenvalue weighted by Crippen LogP contribution is 2.44. The molecule has 1 heterocycles. The van der Waals surface area contributed by atoms with Crippen LogP contribution in [0.5, 0.6) is 5.75 Å². The smallest absolute Gasteiger partial charge is 0.134 e. The lowest BCUT2D eigenvalue weighted by molar-refractivity contribution is 0.218. The highest BCUT2D eigenvalue weighted by Gasteiger charge is 2.32. The zero-order valence-electron chi connectivity index (χ0n) is 14.6. The molecule has 3 rings (SSSR count). The van der Waals surface area contributed by atoms with E-state index in [4.69, 9.17) is 11.6 Å². The highest BCUT2D eigenvalue weighted by molar-refractivity contribution is 7.16. The molecule has 0 spiro atoms. The van der Waals surface area contributed by atoms with Crippen molar-refractivity contribution in [2.24, 2.45) is 16.3 Å².